The fourth-order valence-electron chi connectivity index (χ4n) is 2.08. The second kappa shape index (κ2) is 7.04. The zero-order chi connectivity index (χ0) is 15.9. The predicted octanol–water partition coefficient (Wildman–Crippen LogP) is 3.60. The molecule has 0 atom stereocenters. The number of hydrogen-bond acceptors (Lipinski definition) is 4. The first-order chi connectivity index (χ1) is 10.7. The Morgan fingerprint density at radius 3 is 2.32 bits per heavy atom. The van der Waals surface area contributed by atoms with Crippen molar-refractivity contribution in [2.75, 3.05) is 0 Å². The predicted molar refractivity (Wildman–Crippen MR) is 84.5 cm³/mol. The minimum atomic E-state index is -0.709. The normalized spacial score (nSPS) is 10.8. The van der Waals surface area contributed by atoms with Gasteiger partial charge in [0.15, 0.2) is 0 Å². The van der Waals surface area contributed by atoms with E-state index < -0.39 is 11.9 Å². The summed E-state index contributed by atoms with van der Waals surface area (Å²) >= 11 is 0. The van der Waals surface area contributed by atoms with Gasteiger partial charge >= 0.3 is 11.9 Å². The largest absolute Gasteiger partial charge is 0.432 e. The Hall–Kier alpha value is -3.14. The van der Waals surface area contributed by atoms with Gasteiger partial charge in [0.05, 0.1) is 18.1 Å². The van der Waals surface area contributed by atoms with Crippen LogP contribution >= 0.6 is 0 Å². The molecule has 0 fully saturated rings. The van der Waals surface area contributed by atoms with Crippen molar-refractivity contribution in [1.82, 2.24) is 0 Å². The summed E-state index contributed by atoms with van der Waals surface area (Å²) in [6, 6.07) is 13.0. The molecule has 110 valence electrons. The monoisotopic (exact) mass is 294 g/mol. The van der Waals surface area contributed by atoms with Crippen LogP contribution in [0.25, 0.3) is 16.3 Å². The molecule has 0 aliphatic carbocycles. The summed E-state index contributed by atoms with van der Waals surface area (Å²) in [4.78, 5) is 23.8. The average Bonchev–Trinajstić information content (AvgIpc) is 2.52. The zero-order valence-electron chi connectivity index (χ0n) is 11.8. The highest BCUT2D eigenvalue weighted by Gasteiger charge is 2.17. The molecule has 2 aromatic rings. The van der Waals surface area contributed by atoms with Crippen LogP contribution in [0, 0.1) is 0 Å². The number of carbonyl (C=O) groups excluding carboxylic acids is 2. The maximum absolute atomic E-state index is 12.1. The maximum Gasteiger partial charge on any atom is 0.343 e. The van der Waals surface area contributed by atoms with E-state index in [1.54, 1.807) is 12.1 Å². The summed E-state index contributed by atoms with van der Waals surface area (Å²) in [5.74, 6) is -1.40. The smallest absolute Gasteiger partial charge is 0.343 e. The highest BCUT2D eigenvalue weighted by molar-refractivity contribution is 6.23. The Bertz CT molecular complexity index is 766. The molecule has 0 radical (unpaired) electrons. The lowest BCUT2D eigenvalue weighted by Gasteiger charge is -2.09. The van der Waals surface area contributed by atoms with Crippen molar-refractivity contribution in [3.63, 3.8) is 0 Å². The van der Waals surface area contributed by atoms with Gasteiger partial charge in [-0.25, -0.2) is 9.59 Å². The first-order valence-electron chi connectivity index (χ1n) is 6.50. The lowest BCUT2D eigenvalue weighted by Crippen LogP contribution is -2.07. The van der Waals surface area contributed by atoms with Gasteiger partial charge in [-0.2, -0.15) is 0 Å². The fourth-order valence-corrected chi connectivity index (χ4v) is 2.08. The Labute approximate surface area is 128 Å². The topological polar surface area (TPSA) is 52.6 Å². The minimum absolute atomic E-state index is 0.0866. The van der Waals surface area contributed by atoms with E-state index in [0.29, 0.717) is 5.56 Å². The van der Waals surface area contributed by atoms with Crippen LogP contribution in [0.5, 0.6) is 0 Å². The van der Waals surface area contributed by atoms with Gasteiger partial charge in [0.2, 0.25) is 0 Å². The van der Waals surface area contributed by atoms with Gasteiger partial charge in [-0.3, -0.25) is 0 Å². The third-order valence-electron chi connectivity index (χ3n) is 2.95. The van der Waals surface area contributed by atoms with Crippen molar-refractivity contribution < 1.29 is 19.1 Å². The maximum atomic E-state index is 12.1. The van der Waals surface area contributed by atoms with Crippen molar-refractivity contribution >= 4 is 28.3 Å². The van der Waals surface area contributed by atoms with E-state index in [-0.39, 0.29) is 5.57 Å². The quantitative estimate of drug-likeness (QED) is 0.480. The Morgan fingerprint density at radius 1 is 0.909 bits per heavy atom. The third-order valence-corrected chi connectivity index (χ3v) is 2.95. The molecule has 0 bridgehead atoms. The second-order valence-electron chi connectivity index (χ2n) is 4.26. The molecular formula is C18H14O4. The summed E-state index contributed by atoms with van der Waals surface area (Å²) in [6.45, 7) is 6.66. The van der Waals surface area contributed by atoms with Crippen LogP contribution in [0.2, 0.25) is 0 Å². The van der Waals surface area contributed by atoms with Gasteiger partial charge < -0.3 is 9.47 Å². The van der Waals surface area contributed by atoms with E-state index in [1.807, 2.05) is 30.3 Å². The van der Waals surface area contributed by atoms with Gasteiger partial charge in [-0.1, -0.05) is 55.6 Å². The second-order valence-corrected chi connectivity index (χ2v) is 4.26. The molecule has 4 heteroatoms. The van der Waals surface area contributed by atoms with Crippen molar-refractivity contribution in [2.45, 2.75) is 0 Å². The lowest BCUT2D eigenvalue weighted by atomic mass is 9.98. The molecule has 2 rings (SSSR count). The molecule has 0 saturated heterocycles. The van der Waals surface area contributed by atoms with Gasteiger partial charge in [-0.05, 0) is 16.3 Å². The molecule has 2 aromatic carbocycles. The molecule has 0 spiro atoms. The fraction of sp³-hybridized carbons (Fsp3) is 0. The highest BCUT2D eigenvalue weighted by Crippen LogP contribution is 2.26. The zero-order valence-corrected chi connectivity index (χ0v) is 11.8. The van der Waals surface area contributed by atoms with E-state index in [0.717, 1.165) is 29.4 Å². The standard InChI is InChI=1S/C18H14O4/c1-3-21-17(19)12-16(18(20)22-4-2)15-11-7-9-13-8-5-6-10-14(13)15/h3-12H,1-2H2/b16-12-. The Balaban J connectivity index is 2.61. The van der Waals surface area contributed by atoms with Gasteiger partial charge in [0, 0.05) is 6.08 Å². The van der Waals surface area contributed by atoms with Crippen LogP contribution in [-0.2, 0) is 19.1 Å². The van der Waals surface area contributed by atoms with Gasteiger partial charge in [-0.15, -0.1) is 0 Å². The van der Waals surface area contributed by atoms with E-state index >= 15 is 0 Å². The van der Waals surface area contributed by atoms with Crippen LogP contribution in [0.3, 0.4) is 0 Å². The molecule has 4 nitrogen and oxygen atoms in total. The molecule has 22 heavy (non-hydrogen) atoms. The molecule has 0 aromatic heterocycles. The molecule has 0 unspecified atom stereocenters. The number of carbonyl (C=O) groups is 2. The van der Waals surface area contributed by atoms with Crippen LogP contribution in [0.1, 0.15) is 5.56 Å². The number of rotatable bonds is 5. The molecule has 0 amide bonds. The van der Waals surface area contributed by atoms with Gasteiger partial charge in [0.1, 0.15) is 0 Å². The average molecular weight is 294 g/mol. The number of ether oxygens (including phenoxy) is 2. The van der Waals surface area contributed by atoms with Crippen molar-refractivity contribution in [2.24, 2.45) is 0 Å². The summed E-state index contributed by atoms with van der Waals surface area (Å²) in [7, 11) is 0. The van der Waals surface area contributed by atoms with E-state index in [1.165, 1.54) is 0 Å². The van der Waals surface area contributed by atoms with Crippen molar-refractivity contribution in [3.8, 4) is 0 Å². The molecule has 0 heterocycles. The lowest BCUT2D eigenvalue weighted by molar-refractivity contribution is -0.134. The van der Waals surface area contributed by atoms with Crippen molar-refractivity contribution in [1.29, 1.82) is 0 Å². The minimum Gasteiger partial charge on any atom is -0.432 e. The molecule has 0 saturated carbocycles. The van der Waals surface area contributed by atoms with Crippen LogP contribution in [0.15, 0.2) is 74.2 Å². The van der Waals surface area contributed by atoms with E-state index in [2.05, 4.69) is 17.9 Å². The van der Waals surface area contributed by atoms with Gasteiger partial charge in [0.25, 0.3) is 0 Å². The van der Waals surface area contributed by atoms with E-state index in [4.69, 9.17) is 4.74 Å². The third kappa shape index (κ3) is 3.30. The molecule has 0 aliphatic rings. The highest BCUT2D eigenvalue weighted by atomic mass is 16.5. The first kappa shape index (κ1) is 15.3. The van der Waals surface area contributed by atoms with Crippen LogP contribution in [-0.4, -0.2) is 11.9 Å². The summed E-state index contributed by atoms with van der Waals surface area (Å²) in [5.41, 5.74) is 0.662. The Morgan fingerprint density at radius 2 is 1.59 bits per heavy atom. The molecule has 0 aliphatic heterocycles. The number of benzene rings is 2. The summed E-state index contributed by atoms with van der Waals surface area (Å²) < 4.78 is 9.46. The first-order valence-corrected chi connectivity index (χ1v) is 6.50. The number of fused-ring (bicyclic) bond motifs is 1. The van der Waals surface area contributed by atoms with Crippen LogP contribution < -0.4 is 0 Å². The number of esters is 2. The van der Waals surface area contributed by atoms with E-state index in [9.17, 15) is 9.59 Å². The number of hydrogen-bond donors (Lipinski definition) is 0. The molecular weight excluding hydrogens is 280 g/mol. The molecule has 0 N–H and O–H groups in total. The summed E-state index contributed by atoms with van der Waals surface area (Å²) in [6.07, 6.45) is 3.09. The van der Waals surface area contributed by atoms with Crippen LogP contribution in [0.4, 0.5) is 0 Å². The van der Waals surface area contributed by atoms with Crippen molar-refractivity contribution in [3.05, 3.63) is 79.8 Å². The SMILES string of the molecule is C=COC(=O)/C=C(\C(=O)OC=C)c1cccc2ccccc12. The Kier molecular flexibility index (Phi) is 4.88. The summed E-state index contributed by atoms with van der Waals surface area (Å²) in [5, 5.41) is 1.76.